The number of likely N-dealkylation sites (N-methyl/N-ethyl adjacent to an activating group) is 1. The lowest BCUT2D eigenvalue weighted by atomic mass is 10.0. The fraction of sp³-hybridized carbons (Fsp3) is 1.00. The van der Waals surface area contributed by atoms with E-state index < -0.39 is 0 Å². The zero-order chi connectivity index (χ0) is 12.3. The molecule has 0 spiro atoms. The van der Waals surface area contributed by atoms with Gasteiger partial charge >= 0.3 is 0 Å². The smallest absolute Gasteiger partial charge is 0.0740 e. The Labute approximate surface area is 101 Å². The lowest BCUT2D eigenvalue weighted by molar-refractivity contribution is 0.00953. The van der Waals surface area contributed by atoms with Crippen LogP contribution in [0.5, 0.6) is 0 Å². The maximum Gasteiger partial charge on any atom is 0.0740 e. The lowest BCUT2D eigenvalue weighted by Gasteiger charge is -2.36. The molecule has 0 radical (unpaired) electrons. The van der Waals surface area contributed by atoms with Crippen molar-refractivity contribution in [3.05, 3.63) is 0 Å². The molecule has 96 valence electrons. The van der Waals surface area contributed by atoms with Gasteiger partial charge in [0.1, 0.15) is 0 Å². The summed E-state index contributed by atoms with van der Waals surface area (Å²) in [4.78, 5) is 4.72. The Balaban J connectivity index is 2.36. The molecule has 0 aromatic heterocycles. The predicted octanol–water partition coefficient (Wildman–Crippen LogP) is 1.83. The molecule has 0 N–H and O–H groups in total. The fourth-order valence-corrected chi connectivity index (χ4v) is 2.47. The van der Waals surface area contributed by atoms with Crippen molar-refractivity contribution < 1.29 is 4.74 Å². The first-order valence-corrected chi connectivity index (χ1v) is 6.35. The molecule has 1 fully saturated rings. The minimum absolute atomic E-state index is 0.263. The molecule has 2 unspecified atom stereocenters. The van der Waals surface area contributed by atoms with Crippen LogP contribution < -0.4 is 0 Å². The number of hydrogen-bond acceptors (Lipinski definition) is 3. The zero-order valence-electron chi connectivity index (χ0n) is 11.8. The van der Waals surface area contributed by atoms with Crippen LogP contribution in [0.2, 0.25) is 0 Å². The Bertz CT molecular complexity index is 210. The van der Waals surface area contributed by atoms with Crippen molar-refractivity contribution in [2.75, 3.05) is 33.8 Å². The third kappa shape index (κ3) is 3.72. The first kappa shape index (κ1) is 13.9. The molecule has 1 saturated heterocycles. The van der Waals surface area contributed by atoms with Crippen LogP contribution in [-0.4, -0.2) is 61.3 Å². The van der Waals surface area contributed by atoms with Gasteiger partial charge in [-0.2, -0.15) is 0 Å². The standard InChI is InChI=1S/C13H28N2O/c1-11-12(16-10-9-14(5)6)7-8-15(11)13(2,3)4/h11-12H,7-10H2,1-6H3. The Morgan fingerprint density at radius 1 is 1.31 bits per heavy atom. The van der Waals surface area contributed by atoms with Crippen LogP contribution >= 0.6 is 0 Å². The monoisotopic (exact) mass is 228 g/mol. The van der Waals surface area contributed by atoms with E-state index in [1.165, 1.54) is 6.42 Å². The second-order valence-electron chi connectivity index (χ2n) is 6.11. The fourth-order valence-electron chi connectivity index (χ4n) is 2.47. The summed E-state index contributed by atoms with van der Waals surface area (Å²) < 4.78 is 5.97. The predicted molar refractivity (Wildman–Crippen MR) is 68.8 cm³/mol. The zero-order valence-corrected chi connectivity index (χ0v) is 11.8. The summed E-state index contributed by atoms with van der Waals surface area (Å²) in [6.07, 6.45) is 1.59. The largest absolute Gasteiger partial charge is 0.375 e. The van der Waals surface area contributed by atoms with Crippen LogP contribution in [0, 0.1) is 0 Å². The highest BCUT2D eigenvalue weighted by molar-refractivity contribution is 4.91. The Hall–Kier alpha value is -0.120. The molecule has 0 aromatic carbocycles. The molecule has 1 aliphatic rings. The number of likely N-dealkylation sites (tertiary alicyclic amines) is 1. The second kappa shape index (κ2) is 5.48. The van der Waals surface area contributed by atoms with E-state index in [2.05, 4.69) is 51.6 Å². The minimum Gasteiger partial charge on any atom is -0.375 e. The van der Waals surface area contributed by atoms with Gasteiger partial charge in [-0.3, -0.25) is 4.90 Å². The van der Waals surface area contributed by atoms with Gasteiger partial charge in [-0.1, -0.05) is 0 Å². The highest BCUT2D eigenvalue weighted by Gasteiger charge is 2.37. The molecule has 16 heavy (non-hydrogen) atoms. The van der Waals surface area contributed by atoms with Gasteiger partial charge in [-0.25, -0.2) is 0 Å². The Morgan fingerprint density at radius 2 is 1.94 bits per heavy atom. The van der Waals surface area contributed by atoms with Gasteiger partial charge in [0.25, 0.3) is 0 Å². The first-order chi connectivity index (χ1) is 7.32. The summed E-state index contributed by atoms with van der Waals surface area (Å²) in [7, 11) is 4.17. The van der Waals surface area contributed by atoms with Crippen molar-refractivity contribution in [3.8, 4) is 0 Å². The minimum atomic E-state index is 0.263. The van der Waals surface area contributed by atoms with Crippen molar-refractivity contribution in [1.82, 2.24) is 9.80 Å². The molecule has 2 atom stereocenters. The average molecular weight is 228 g/mol. The van der Waals surface area contributed by atoms with E-state index in [1.54, 1.807) is 0 Å². The van der Waals surface area contributed by atoms with Gasteiger partial charge in [-0.05, 0) is 48.2 Å². The van der Waals surface area contributed by atoms with E-state index in [0.717, 1.165) is 19.7 Å². The van der Waals surface area contributed by atoms with Gasteiger partial charge in [-0.15, -0.1) is 0 Å². The molecular weight excluding hydrogens is 200 g/mol. The molecule has 1 aliphatic heterocycles. The van der Waals surface area contributed by atoms with Crippen molar-refractivity contribution in [2.45, 2.75) is 51.8 Å². The molecule has 0 bridgehead atoms. The summed E-state index contributed by atoms with van der Waals surface area (Å²) >= 11 is 0. The van der Waals surface area contributed by atoms with E-state index in [1.807, 2.05) is 0 Å². The van der Waals surface area contributed by atoms with Crippen LogP contribution in [0.1, 0.15) is 34.1 Å². The van der Waals surface area contributed by atoms with Crippen molar-refractivity contribution in [2.24, 2.45) is 0 Å². The summed E-state index contributed by atoms with van der Waals surface area (Å²) in [5, 5.41) is 0. The van der Waals surface area contributed by atoms with Crippen LogP contribution in [0.25, 0.3) is 0 Å². The molecular formula is C13H28N2O. The molecule has 0 aromatic rings. The van der Waals surface area contributed by atoms with Crippen LogP contribution in [0.3, 0.4) is 0 Å². The SMILES string of the molecule is CC1C(OCCN(C)C)CCN1C(C)(C)C. The quantitative estimate of drug-likeness (QED) is 0.730. The maximum absolute atomic E-state index is 5.97. The molecule has 1 rings (SSSR count). The topological polar surface area (TPSA) is 15.7 Å². The summed E-state index contributed by atoms with van der Waals surface area (Å²) in [6, 6.07) is 0.544. The average Bonchev–Trinajstić information content (AvgIpc) is 2.46. The maximum atomic E-state index is 5.97. The second-order valence-corrected chi connectivity index (χ2v) is 6.11. The van der Waals surface area contributed by atoms with Gasteiger partial charge < -0.3 is 9.64 Å². The van der Waals surface area contributed by atoms with E-state index in [9.17, 15) is 0 Å². The highest BCUT2D eigenvalue weighted by atomic mass is 16.5. The molecule has 0 saturated carbocycles. The van der Waals surface area contributed by atoms with Crippen LogP contribution in [-0.2, 0) is 4.74 Å². The first-order valence-electron chi connectivity index (χ1n) is 6.35. The molecule has 3 heteroatoms. The number of ether oxygens (including phenoxy) is 1. The van der Waals surface area contributed by atoms with Gasteiger partial charge in [0.05, 0.1) is 12.7 Å². The highest BCUT2D eigenvalue weighted by Crippen LogP contribution is 2.28. The summed E-state index contributed by atoms with van der Waals surface area (Å²) in [5.41, 5.74) is 0.263. The molecule has 0 aliphatic carbocycles. The van der Waals surface area contributed by atoms with Crippen LogP contribution in [0.15, 0.2) is 0 Å². The van der Waals surface area contributed by atoms with Gasteiger partial charge in [0.2, 0.25) is 0 Å². The van der Waals surface area contributed by atoms with Gasteiger partial charge in [0, 0.05) is 24.7 Å². The molecule has 0 amide bonds. The van der Waals surface area contributed by atoms with E-state index in [-0.39, 0.29) is 5.54 Å². The normalized spacial score (nSPS) is 27.9. The van der Waals surface area contributed by atoms with Gasteiger partial charge in [0.15, 0.2) is 0 Å². The Kier molecular flexibility index (Phi) is 4.77. The third-order valence-electron chi connectivity index (χ3n) is 3.42. The van der Waals surface area contributed by atoms with E-state index in [0.29, 0.717) is 12.1 Å². The number of rotatable bonds is 4. The molecule has 3 nitrogen and oxygen atoms in total. The molecule has 1 heterocycles. The summed E-state index contributed by atoms with van der Waals surface area (Å²) in [6.45, 7) is 12.2. The number of nitrogens with zero attached hydrogens (tertiary/aromatic N) is 2. The van der Waals surface area contributed by atoms with E-state index >= 15 is 0 Å². The lowest BCUT2D eigenvalue weighted by Crippen LogP contribution is -2.46. The summed E-state index contributed by atoms with van der Waals surface area (Å²) in [5.74, 6) is 0. The third-order valence-corrected chi connectivity index (χ3v) is 3.42. The van der Waals surface area contributed by atoms with Crippen LogP contribution in [0.4, 0.5) is 0 Å². The number of hydrogen-bond donors (Lipinski definition) is 0. The van der Waals surface area contributed by atoms with Crippen molar-refractivity contribution >= 4 is 0 Å². The van der Waals surface area contributed by atoms with E-state index in [4.69, 9.17) is 4.74 Å². The Morgan fingerprint density at radius 3 is 2.38 bits per heavy atom. The van der Waals surface area contributed by atoms with Crippen molar-refractivity contribution in [3.63, 3.8) is 0 Å². The van der Waals surface area contributed by atoms with Crippen molar-refractivity contribution in [1.29, 1.82) is 0 Å².